The van der Waals surface area contributed by atoms with Crippen LogP contribution >= 0.6 is 11.6 Å². The minimum atomic E-state index is -0.198. The van der Waals surface area contributed by atoms with E-state index in [2.05, 4.69) is 11.0 Å². The second-order valence-corrected chi connectivity index (χ2v) is 7.08. The van der Waals surface area contributed by atoms with E-state index in [4.69, 9.17) is 21.1 Å². The quantitative estimate of drug-likeness (QED) is 0.895. The summed E-state index contributed by atoms with van der Waals surface area (Å²) in [5.41, 5.74) is 1.19. The highest BCUT2D eigenvalue weighted by molar-refractivity contribution is 6.32. The molecule has 128 valence electrons. The number of halogens is 1. The fourth-order valence-corrected chi connectivity index (χ4v) is 4.29. The number of aliphatic hydroxyl groups is 1. The Bertz CT molecular complexity index is 541. The fourth-order valence-electron chi connectivity index (χ4n) is 4.01. The Morgan fingerprint density at radius 1 is 1.35 bits per heavy atom. The summed E-state index contributed by atoms with van der Waals surface area (Å²) >= 11 is 6.20. The molecular formula is C18H26ClNO3. The van der Waals surface area contributed by atoms with Gasteiger partial charge in [0.05, 0.1) is 24.3 Å². The Hall–Kier alpha value is -0.810. The first-order chi connectivity index (χ1) is 11.1. The minimum absolute atomic E-state index is 0.00986. The number of hydrogen-bond donors (Lipinski definition) is 1. The largest absolute Gasteiger partial charge is 0.495 e. The molecule has 0 amide bonds. The van der Waals surface area contributed by atoms with Gasteiger partial charge in [0, 0.05) is 25.0 Å². The van der Waals surface area contributed by atoms with Crippen LogP contribution in [0, 0.1) is 5.41 Å². The number of aliphatic hydroxyl groups excluding tert-OH is 1. The fraction of sp³-hybridized carbons (Fsp3) is 0.667. The van der Waals surface area contributed by atoms with Crippen molar-refractivity contribution < 1.29 is 14.6 Å². The molecule has 1 spiro atoms. The zero-order chi connectivity index (χ0) is 16.4. The molecule has 2 atom stereocenters. The number of rotatable bonds is 5. The van der Waals surface area contributed by atoms with Crippen LogP contribution in [-0.2, 0) is 11.3 Å². The van der Waals surface area contributed by atoms with Crippen LogP contribution in [0.5, 0.6) is 5.75 Å². The molecule has 1 aliphatic carbocycles. The SMILES string of the molecule is CCOC1CC(O)C12CCN(Cc1ccc(OC)c(Cl)c1)CC2. The Morgan fingerprint density at radius 2 is 2.09 bits per heavy atom. The third-order valence-electron chi connectivity index (χ3n) is 5.52. The summed E-state index contributed by atoms with van der Waals surface area (Å²) in [5, 5.41) is 10.9. The molecule has 0 bridgehead atoms. The lowest BCUT2D eigenvalue weighted by Gasteiger charge is -2.56. The molecule has 23 heavy (non-hydrogen) atoms. The van der Waals surface area contributed by atoms with Crippen LogP contribution in [0.25, 0.3) is 0 Å². The van der Waals surface area contributed by atoms with E-state index in [-0.39, 0.29) is 17.6 Å². The molecule has 1 saturated heterocycles. The smallest absolute Gasteiger partial charge is 0.137 e. The highest BCUT2D eigenvalue weighted by Gasteiger charge is 2.55. The van der Waals surface area contributed by atoms with E-state index in [0.29, 0.717) is 10.8 Å². The predicted molar refractivity (Wildman–Crippen MR) is 91.0 cm³/mol. The zero-order valence-electron chi connectivity index (χ0n) is 13.9. The van der Waals surface area contributed by atoms with E-state index in [1.54, 1.807) is 7.11 Å². The Balaban J connectivity index is 1.58. The van der Waals surface area contributed by atoms with Crippen molar-refractivity contribution in [3.05, 3.63) is 28.8 Å². The number of piperidine rings is 1. The van der Waals surface area contributed by atoms with Gasteiger partial charge in [0.2, 0.25) is 0 Å². The zero-order valence-corrected chi connectivity index (χ0v) is 14.7. The van der Waals surface area contributed by atoms with Gasteiger partial charge in [-0.1, -0.05) is 17.7 Å². The number of benzene rings is 1. The maximum atomic E-state index is 10.3. The Labute approximate surface area is 143 Å². The van der Waals surface area contributed by atoms with Crippen molar-refractivity contribution >= 4 is 11.6 Å². The van der Waals surface area contributed by atoms with Crippen LogP contribution in [0.2, 0.25) is 5.02 Å². The van der Waals surface area contributed by atoms with E-state index >= 15 is 0 Å². The van der Waals surface area contributed by atoms with Crippen molar-refractivity contribution in [2.45, 2.75) is 44.9 Å². The van der Waals surface area contributed by atoms with Crippen LogP contribution in [0.3, 0.4) is 0 Å². The summed E-state index contributed by atoms with van der Waals surface area (Å²) < 4.78 is 11.0. The van der Waals surface area contributed by atoms with Crippen molar-refractivity contribution in [3.63, 3.8) is 0 Å². The van der Waals surface area contributed by atoms with Crippen molar-refractivity contribution in [1.29, 1.82) is 0 Å². The van der Waals surface area contributed by atoms with Crippen LogP contribution < -0.4 is 4.74 Å². The van der Waals surface area contributed by atoms with Gasteiger partial charge < -0.3 is 14.6 Å². The summed E-state index contributed by atoms with van der Waals surface area (Å²) in [4.78, 5) is 2.43. The summed E-state index contributed by atoms with van der Waals surface area (Å²) in [7, 11) is 1.63. The molecular weight excluding hydrogens is 314 g/mol. The van der Waals surface area contributed by atoms with E-state index in [9.17, 15) is 5.11 Å². The average Bonchev–Trinajstić information content (AvgIpc) is 2.56. The molecule has 1 aliphatic heterocycles. The number of likely N-dealkylation sites (tertiary alicyclic amines) is 1. The second kappa shape index (κ2) is 6.98. The van der Waals surface area contributed by atoms with E-state index in [1.807, 2.05) is 19.1 Å². The first kappa shape index (κ1) is 17.0. The lowest BCUT2D eigenvalue weighted by atomic mass is 9.58. The Kier molecular flexibility index (Phi) is 5.16. The summed E-state index contributed by atoms with van der Waals surface area (Å²) in [6.45, 7) is 5.62. The van der Waals surface area contributed by atoms with Crippen molar-refractivity contribution in [1.82, 2.24) is 4.90 Å². The molecule has 2 fully saturated rings. The second-order valence-electron chi connectivity index (χ2n) is 6.67. The molecule has 1 saturated carbocycles. The molecule has 1 aromatic rings. The molecule has 2 aliphatic rings. The van der Waals surface area contributed by atoms with Gasteiger partial charge in [-0.2, -0.15) is 0 Å². The molecule has 0 radical (unpaired) electrons. The Morgan fingerprint density at radius 3 is 2.65 bits per heavy atom. The predicted octanol–water partition coefficient (Wildman–Crippen LogP) is 3.10. The molecule has 3 rings (SSSR count). The standard InChI is InChI=1S/C18H26ClNO3/c1-3-23-17-11-16(21)18(17)6-8-20(9-7-18)12-13-4-5-15(22-2)14(19)10-13/h4-5,10,16-17,21H,3,6-9,11-12H2,1-2H3. The van der Waals surface area contributed by atoms with E-state index in [1.165, 1.54) is 5.56 Å². The molecule has 1 heterocycles. The van der Waals surface area contributed by atoms with Crippen molar-refractivity contribution in [2.24, 2.45) is 5.41 Å². The van der Waals surface area contributed by atoms with Crippen LogP contribution in [0.15, 0.2) is 18.2 Å². The molecule has 2 unspecified atom stereocenters. The van der Waals surface area contributed by atoms with Crippen molar-refractivity contribution in [2.75, 3.05) is 26.8 Å². The number of hydrogen-bond acceptors (Lipinski definition) is 4. The topological polar surface area (TPSA) is 41.9 Å². The van der Waals surface area contributed by atoms with Gasteiger partial charge in [0.15, 0.2) is 0 Å². The summed E-state index contributed by atoms with van der Waals surface area (Å²) in [5.74, 6) is 0.713. The third-order valence-corrected chi connectivity index (χ3v) is 5.81. The maximum Gasteiger partial charge on any atom is 0.137 e. The lowest BCUT2D eigenvalue weighted by Crippen LogP contribution is -2.62. The normalized spacial score (nSPS) is 27.0. The number of methoxy groups -OCH3 is 1. The summed E-state index contributed by atoms with van der Waals surface area (Å²) in [6.07, 6.45) is 2.84. The first-order valence-electron chi connectivity index (χ1n) is 8.43. The van der Waals surface area contributed by atoms with E-state index in [0.717, 1.165) is 45.5 Å². The van der Waals surface area contributed by atoms with Gasteiger partial charge in [-0.15, -0.1) is 0 Å². The van der Waals surface area contributed by atoms with Gasteiger partial charge in [-0.05, 0) is 50.6 Å². The number of ether oxygens (including phenoxy) is 2. The monoisotopic (exact) mass is 339 g/mol. The lowest BCUT2D eigenvalue weighted by molar-refractivity contribution is -0.209. The molecule has 0 aromatic heterocycles. The molecule has 5 heteroatoms. The average molecular weight is 340 g/mol. The van der Waals surface area contributed by atoms with Crippen molar-refractivity contribution in [3.8, 4) is 5.75 Å². The highest BCUT2D eigenvalue weighted by atomic mass is 35.5. The number of nitrogens with zero attached hydrogens (tertiary/aromatic N) is 1. The van der Waals surface area contributed by atoms with Crippen LogP contribution in [0.1, 0.15) is 31.7 Å². The van der Waals surface area contributed by atoms with Crippen LogP contribution in [-0.4, -0.2) is 49.0 Å². The van der Waals surface area contributed by atoms with Gasteiger partial charge in [-0.25, -0.2) is 0 Å². The molecule has 1 aromatic carbocycles. The summed E-state index contributed by atoms with van der Waals surface area (Å²) in [6, 6.07) is 5.96. The van der Waals surface area contributed by atoms with Gasteiger partial charge in [0.1, 0.15) is 5.75 Å². The molecule has 1 N–H and O–H groups in total. The first-order valence-corrected chi connectivity index (χ1v) is 8.81. The highest BCUT2D eigenvalue weighted by Crippen LogP contribution is 2.51. The third kappa shape index (κ3) is 3.22. The van der Waals surface area contributed by atoms with Crippen LogP contribution in [0.4, 0.5) is 0 Å². The van der Waals surface area contributed by atoms with Gasteiger partial charge >= 0.3 is 0 Å². The minimum Gasteiger partial charge on any atom is -0.495 e. The molecule has 4 nitrogen and oxygen atoms in total. The van der Waals surface area contributed by atoms with Gasteiger partial charge in [-0.3, -0.25) is 4.90 Å². The van der Waals surface area contributed by atoms with Gasteiger partial charge in [0.25, 0.3) is 0 Å². The maximum absolute atomic E-state index is 10.3. The van der Waals surface area contributed by atoms with E-state index < -0.39 is 0 Å².